The summed E-state index contributed by atoms with van der Waals surface area (Å²) in [5.41, 5.74) is 6.12. The standard InChI is InChI=1S/C42H43Br2N9O4/c1-54-38-5-3-2-4-31(38)28-53(19-23-57-35-12-8-30(9-13-35)40-48-37-25-33(44)27-46-42(37)50-40)52(15-14-51-16-20-55-21-17-51)18-22-56-34-10-6-29(7-11-34)39-47-36-24-32(43)26-45-41(36)49-39/h2-13,24-27H,14-23,28H2,1H3,(H,45,47,49)(H,46,48,50). The van der Waals surface area contributed by atoms with Crippen molar-refractivity contribution < 1.29 is 18.9 Å². The minimum Gasteiger partial charge on any atom is -0.496 e. The molecule has 0 spiro atoms. The molecule has 294 valence electrons. The highest BCUT2D eigenvalue weighted by Gasteiger charge is 2.21. The zero-order valence-electron chi connectivity index (χ0n) is 31.5. The summed E-state index contributed by atoms with van der Waals surface area (Å²) in [5, 5.41) is 4.74. The summed E-state index contributed by atoms with van der Waals surface area (Å²) in [6, 6.07) is 28.1. The van der Waals surface area contributed by atoms with Gasteiger partial charge >= 0.3 is 0 Å². The van der Waals surface area contributed by atoms with Crippen molar-refractivity contribution in [2.75, 3.05) is 72.8 Å². The number of nitrogens with one attached hydrogen (secondary N) is 2. The molecule has 1 aliphatic rings. The van der Waals surface area contributed by atoms with Crippen LogP contribution in [0.1, 0.15) is 5.56 Å². The number of halogens is 2. The van der Waals surface area contributed by atoms with Crippen molar-refractivity contribution in [1.82, 2.24) is 44.8 Å². The lowest BCUT2D eigenvalue weighted by atomic mass is 10.2. The molecule has 7 aromatic rings. The second-order valence-electron chi connectivity index (χ2n) is 13.6. The summed E-state index contributed by atoms with van der Waals surface area (Å²) < 4.78 is 25.9. The fourth-order valence-electron chi connectivity index (χ4n) is 6.80. The second-order valence-corrected chi connectivity index (χ2v) is 15.4. The molecule has 4 aromatic heterocycles. The van der Waals surface area contributed by atoms with E-state index in [1.165, 1.54) is 0 Å². The Hall–Kier alpha value is -4.90. The fraction of sp³-hybridized carbons (Fsp3) is 0.286. The highest BCUT2D eigenvalue weighted by Crippen LogP contribution is 2.26. The number of morpholine rings is 1. The molecule has 0 amide bonds. The van der Waals surface area contributed by atoms with Gasteiger partial charge < -0.3 is 28.9 Å². The fourth-order valence-corrected chi connectivity index (χ4v) is 7.44. The first-order valence-corrected chi connectivity index (χ1v) is 20.5. The van der Waals surface area contributed by atoms with Crippen LogP contribution in [0.25, 0.3) is 45.1 Å². The molecule has 1 saturated heterocycles. The Labute approximate surface area is 347 Å². The van der Waals surface area contributed by atoms with Crippen LogP contribution in [0.15, 0.2) is 106 Å². The van der Waals surface area contributed by atoms with Gasteiger partial charge in [-0.1, -0.05) is 18.2 Å². The molecule has 3 aromatic carbocycles. The third-order valence-electron chi connectivity index (χ3n) is 9.82. The van der Waals surface area contributed by atoms with Crippen LogP contribution in [0.5, 0.6) is 17.2 Å². The molecule has 13 nitrogen and oxygen atoms in total. The largest absolute Gasteiger partial charge is 0.496 e. The molecule has 0 saturated carbocycles. The third-order valence-corrected chi connectivity index (χ3v) is 10.7. The highest BCUT2D eigenvalue weighted by molar-refractivity contribution is 9.10. The van der Waals surface area contributed by atoms with E-state index in [9.17, 15) is 0 Å². The molecule has 0 unspecified atom stereocenters. The molecule has 0 radical (unpaired) electrons. The third kappa shape index (κ3) is 9.98. The van der Waals surface area contributed by atoms with Crippen molar-refractivity contribution in [2.24, 2.45) is 0 Å². The molecule has 15 heteroatoms. The number of aromatic amines is 2. The topological polar surface area (TPSA) is 130 Å². The average Bonchev–Trinajstić information content (AvgIpc) is 3.87. The van der Waals surface area contributed by atoms with Gasteiger partial charge in [0, 0.05) is 83.8 Å². The van der Waals surface area contributed by atoms with E-state index in [-0.39, 0.29) is 0 Å². The molecule has 0 atom stereocenters. The lowest BCUT2D eigenvalue weighted by molar-refractivity contribution is -0.0581. The van der Waals surface area contributed by atoms with Crippen LogP contribution in [0.2, 0.25) is 0 Å². The Morgan fingerprint density at radius 3 is 1.81 bits per heavy atom. The SMILES string of the molecule is COc1ccccc1CN(CCOc1ccc(-c2nc3cc(Br)cnc3[nH]2)cc1)N(CCOc1ccc(-c2nc3cc(Br)cnc3[nH]2)cc1)CCN1CCOCC1. The number of rotatable bonds is 17. The number of hydrazine groups is 1. The van der Waals surface area contributed by atoms with Crippen LogP contribution in [0.4, 0.5) is 0 Å². The van der Waals surface area contributed by atoms with Gasteiger partial charge in [-0.05, 0) is 98.6 Å². The van der Waals surface area contributed by atoms with E-state index in [2.05, 4.69) is 78.8 Å². The van der Waals surface area contributed by atoms with Gasteiger partial charge in [0.2, 0.25) is 0 Å². The zero-order chi connectivity index (χ0) is 39.0. The number of H-pyrrole nitrogens is 2. The molecular weight excluding hydrogens is 854 g/mol. The van der Waals surface area contributed by atoms with Gasteiger partial charge in [0.25, 0.3) is 0 Å². The number of pyridine rings is 2. The van der Waals surface area contributed by atoms with E-state index in [0.29, 0.717) is 32.8 Å². The van der Waals surface area contributed by atoms with Crippen molar-refractivity contribution in [1.29, 1.82) is 0 Å². The maximum Gasteiger partial charge on any atom is 0.157 e. The number of para-hydroxylation sites is 1. The van der Waals surface area contributed by atoms with Crippen LogP contribution in [-0.4, -0.2) is 118 Å². The van der Waals surface area contributed by atoms with Gasteiger partial charge in [0.1, 0.15) is 53.1 Å². The molecule has 0 aliphatic carbocycles. The first kappa shape index (κ1) is 38.9. The van der Waals surface area contributed by atoms with E-state index < -0.39 is 0 Å². The van der Waals surface area contributed by atoms with Gasteiger partial charge in [-0.2, -0.15) is 0 Å². The Morgan fingerprint density at radius 1 is 0.702 bits per heavy atom. The van der Waals surface area contributed by atoms with Gasteiger partial charge in [0.05, 0.1) is 20.3 Å². The highest BCUT2D eigenvalue weighted by atomic mass is 79.9. The Bertz CT molecular complexity index is 2380. The van der Waals surface area contributed by atoms with Crippen LogP contribution in [-0.2, 0) is 11.3 Å². The summed E-state index contributed by atoms with van der Waals surface area (Å²) in [6.45, 7) is 7.98. The summed E-state index contributed by atoms with van der Waals surface area (Å²) in [7, 11) is 1.72. The number of nitrogens with zero attached hydrogens (tertiary/aromatic N) is 7. The van der Waals surface area contributed by atoms with Crippen LogP contribution in [0.3, 0.4) is 0 Å². The van der Waals surface area contributed by atoms with Crippen LogP contribution >= 0.6 is 31.9 Å². The number of hydrogen-bond donors (Lipinski definition) is 2. The summed E-state index contributed by atoms with van der Waals surface area (Å²) >= 11 is 6.95. The maximum atomic E-state index is 6.37. The molecule has 5 heterocycles. The van der Waals surface area contributed by atoms with Gasteiger partial charge in [-0.3, -0.25) is 4.90 Å². The monoisotopic (exact) mass is 895 g/mol. The predicted molar refractivity (Wildman–Crippen MR) is 227 cm³/mol. The van der Waals surface area contributed by atoms with Crippen LogP contribution < -0.4 is 14.2 Å². The molecule has 1 aliphatic heterocycles. The zero-order valence-corrected chi connectivity index (χ0v) is 34.7. The normalized spacial score (nSPS) is 13.6. The minimum atomic E-state index is 0.474. The summed E-state index contributed by atoms with van der Waals surface area (Å²) in [4.78, 5) is 27.3. The number of fused-ring (bicyclic) bond motifs is 2. The smallest absolute Gasteiger partial charge is 0.157 e. The predicted octanol–water partition coefficient (Wildman–Crippen LogP) is 7.61. The summed E-state index contributed by atoms with van der Waals surface area (Å²) in [6.07, 6.45) is 3.52. The van der Waals surface area contributed by atoms with Crippen molar-refractivity contribution in [2.45, 2.75) is 6.54 Å². The number of hydrogen-bond acceptors (Lipinski definition) is 11. The van der Waals surface area contributed by atoms with Crippen molar-refractivity contribution in [3.05, 3.63) is 112 Å². The Morgan fingerprint density at radius 2 is 1.25 bits per heavy atom. The molecule has 2 N–H and O–H groups in total. The molecule has 0 bridgehead atoms. The Balaban J connectivity index is 0.953. The number of aromatic nitrogens is 6. The van der Waals surface area contributed by atoms with E-state index in [4.69, 9.17) is 28.9 Å². The second kappa shape index (κ2) is 18.6. The van der Waals surface area contributed by atoms with E-state index >= 15 is 0 Å². The Kier molecular flexibility index (Phi) is 12.7. The van der Waals surface area contributed by atoms with E-state index in [1.54, 1.807) is 19.5 Å². The van der Waals surface area contributed by atoms with Crippen molar-refractivity contribution in [3.8, 4) is 40.0 Å². The average molecular weight is 898 g/mol. The number of ether oxygens (including phenoxy) is 4. The number of benzene rings is 3. The van der Waals surface area contributed by atoms with E-state index in [1.807, 2.05) is 72.8 Å². The summed E-state index contributed by atoms with van der Waals surface area (Å²) in [5.74, 6) is 3.95. The first-order chi connectivity index (χ1) is 28.0. The van der Waals surface area contributed by atoms with E-state index in [0.717, 1.165) is 116 Å². The number of methoxy groups -OCH3 is 1. The first-order valence-electron chi connectivity index (χ1n) is 18.9. The van der Waals surface area contributed by atoms with Gasteiger partial charge in [-0.25, -0.2) is 30.0 Å². The number of imidazole rings is 2. The lowest BCUT2D eigenvalue weighted by Crippen LogP contribution is -2.50. The molecular formula is C42H43Br2N9O4. The van der Waals surface area contributed by atoms with Crippen molar-refractivity contribution in [3.63, 3.8) is 0 Å². The van der Waals surface area contributed by atoms with Gasteiger partial charge in [0.15, 0.2) is 11.3 Å². The van der Waals surface area contributed by atoms with Crippen LogP contribution in [0, 0.1) is 0 Å². The maximum absolute atomic E-state index is 6.37. The minimum absolute atomic E-state index is 0.474. The quantitative estimate of drug-likeness (QED) is 0.0877. The molecule has 57 heavy (non-hydrogen) atoms. The lowest BCUT2D eigenvalue weighted by Gasteiger charge is -2.37. The molecule has 1 fully saturated rings. The van der Waals surface area contributed by atoms with Crippen molar-refractivity contribution >= 4 is 54.2 Å². The van der Waals surface area contributed by atoms with Gasteiger partial charge in [-0.15, -0.1) is 0 Å². The molecule has 8 rings (SSSR count).